The van der Waals surface area contributed by atoms with Crippen LogP contribution in [0.25, 0.3) is 0 Å². The number of aryl methyl sites for hydroxylation is 1. The van der Waals surface area contributed by atoms with E-state index in [1.165, 1.54) is 0 Å². The second kappa shape index (κ2) is 8.56. The van der Waals surface area contributed by atoms with Crippen LogP contribution in [0.4, 0.5) is 22.4 Å². The first kappa shape index (κ1) is 21.3. The van der Waals surface area contributed by atoms with Gasteiger partial charge in [-0.1, -0.05) is 0 Å². The average Bonchev–Trinajstić information content (AvgIpc) is 3.12. The number of carbonyl (C=O) groups is 2. The van der Waals surface area contributed by atoms with Crippen molar-refractivity contribution in [2.24, 2.45) is 5.92 Å². The van der Waals surface area contributed by atoms with Crippen molar-refractivity contribution in [1.82, 2.24) is 25.5 Å². The Bertz CT molecular complexity index is 895. The topological polar surface area (TPSA) is 145 Å². The van der Waals surface area contributed by atoms with E-state index in [9.17, 15) is 14.7 Å². The number of alkyl carbamates (subject to hydrolysis) is 1. The third kappa shape index (κ3) is 5.82. The number of carboxylic acid groups (broad SMARTS) is 1. The number of ether oxygens (including phenoxy) is 1. The van der Waals surface area contributed by atoms with Crippen molar-refractivity contribution in [3.8, 4) is 0 Å². The summed E-state index contributed by atoms with van der Waals surface area (Å²) in [6.45, 7) is 7.76. The fourth-order valence-corrected chi connectivity index (χ4v) is 3.24. The van der Waals surface area contributed by atoms with Crippen LogP contribution in [0.1, 0.15) is 32.9 Å². The minimum atomic E-state index is -0.931. The molecule has 2 atom stereocenters. The highest BCUT2D eigenvalue weighted by Gasteiger charge is 2.34. The molecule has 0 aliphatic carbocycles. The molecule has 1 aliphatic rings. The van der Waals surface area contributed by atoms with E-state index in [4.69, 9.17) is 4.74 Å². The molecule has 0 spiro atoms. The number of carboxylic acids is 1. The van der Waals surface area contributed by atoms with Crippen molar-refractivity contribution < 1.29 is 19.4 Å². The molecule has 0 bridgehead atoms. The summed E-state index contributed by atoms with van der Waals surface area (Å²) in [6, 6.07) is 3.13. The van der Waals surface area contributed by atoms with E-state index in [0.717, 1.165) is 5.69 Å². The molecule has 0 saturated carbocycles. The van der Waals surface area contributed by atoms with Crippen molar-refractivity contribution in [2.75, 3.05) is 23.3 Å². The van der Waals surface area contributed by atoms with Crippen LogP contribution in [0.2, 0.25) is 0 Å². The van der Waals surface area contributed by atoms with Crippen LogP contribution in [-0.2, 0) is 9.53 Å². The van der Waals surface area contributed by atoms with Crippen LogP contribution < -0.4 is 15.5 Å². The predicted molar refractivity (Wildman–Crippen MR) is 110 cm³/mol. The molecule has 162 valence electrons. The highest BCUT2D eigenvalue weighted by atomic mass is 16.6. The molecule has 1 fully saturated rings. The number of aromatic nitrogens is 4. The molecule has 4 N–H and O–H groups in total. The van der Waals surface area contributed by atoms with Gasteiger partial charge in [0.25, 0.3) is 0 Å². The molecule has 11 heteroatoms. The number of H-pyrrole nitrogens is 1. The SMILES string of the molecule is Cc1cc(Nc2ccn[nH]2)nc(N2CC(NC(=O)OC(C)(C)C)CC(C(=O)O)C2)n1. The number of anilines is 3. The quantitative estimate of drug-likeness (QED) is 0.574. The van der Waals surface area contributed by atoms with Gasteiger partial charge in [-0.25, -0.2) is 9.78 Å². The first-order chi connectivity index (χ1) is 14.1. The van der Waals surface area contributed by atoms with E-state index in [-0.39, 0.29) is 6.54 Å². The van der Waals surface area contributed by atoms with Gasteiger partial charge in [0, 0.05) is 30.9 Å². The maximum absolute atomic E-state index is 12.2. The molecule has 2 aromatic rings. The second-order valence-corrected chi connectivity index (χ2v) is 8.31. The summed E-state index contributed by atoms with van der Waals surface area (Å²) < 4.78 is 5.31. The molecule has 1 saturated heterocycles. The van der Waals surface area contributed by atoms with E-state index < -0.39 is 29.6 Å². The predicted octanol–water partition coefficient (Wildman–Crippen LogP) is 2.06. The van der Waals surface area contributed by atoms with Crippen molar-refractivity contribution in [2.45, 2.75) is 45.8 Å². The van der Waals surface area contributed by atoms with Crippen LogP contribution in [-0.4, -0.2) is 62.1 Å². The molecular formula is C19H27N7O4. The summed E-state index contributed by atoms with van der Waals surface area (Å²) in [6.07, 6.45) is 1.34. The Hall–Kier alpha value is -3.37. The maximum Gasteiger partial charge on any atom is 0.407 e. The molecule has 0 aromatic carbocycles. The van der Waals surface area contributed by atoms with Gasteiger partial charge in [0.15, 0.2) is 0 Å². The molecule has 1 aliphatic heterocycles. The number of nitrogens with one attached hydrogen (secondary N) is 3. The summed E-state index contributed by atoms with van der Waals surface area (Å²) in [5, 5.41) is 22.2. The third-order valence-electron chi connectivity index (χ3n) is 4.41. The molecular weight excluding hydrogens is 390 g/mol. The lowest BCUT2D eigenvalue weighted by Gasteiger charge is -2.36. The van der Waals surface area contributed by atoms with E-state index in [1.807, 2.05) is 6.92 Å². The molecule has 3 rings (SSSR count). The largest absolute Gasteiger partial charge is 0.481 e. The smallest absolute Gasteiger partial charge is 0.407 e. The van der Waals surface area contributed by atoms with Crippen LogP contribution in [0.5, 0.6) is 0 Å². The normalized spacial score (nSPS) is 19.3. The van der Waals surface area contributed by atoms with Gasteiger partial charge in [-0.15, -0.1) is 0 Å². The fourth-order valence-electron chi connectivity index (χ4n) is 3.24. The van der Waals surface area contributed by atoms with Crippen molar-refractivity contribution in [3.05, 3.63) is 24.0 Å². The number of hydrogen-bond acceptors (Lipinski definition) is 8. The first-order valence-electron chi connectivity index (χ1n) is 9.68. The van der Waals surface area contributed by atoms with E-state index in [2.05, 4.69) is 30.8 Å². The number of aromatic amines is 1. The van der Waals surface area contributed by atoms with Crippen LogP contribution in [0.3, 0.4) is 0 Å². The Morgan fingerprint density at radius 1 is 1.30 bits per heavy atom. The number of hydrogen-bond donors (Lipinski definition) is 4. The highest BCUT2D eigenvalue weighted by molar-refractivity contribution is 5.72. The summed E-state index contributed by atoms with van der Waals surface area (Å²) in [5.74, 6) is 0.00588. The molecule has 2 aromatic heterocycles. The molecule has 2 unspecified atom stereocenters. The number of rotatable bonds is 5. The van der Waals surface area contributed by atoms with Gasteiger partial charge in [0.05, 0.1) is 18.2 Å². The molecule has 30 heavy (non-hydrogen) atoms. The second-order valence-electron chi connectivity index (χ2n) is 8.31. The van der Waals surface area contributed by atoms with Gasteiger partial charge in [0.1, 0.15) is 17.2 Å². The lowest BCUT2D eigenvalue weighted by Crippen LogP contribution is -2.53. The lowest BCUT2D eigenvalue weighted by atomic mass is 9.94. The minimum absolute atomic E-state index is 0.245. The Labute approximate surface area is 174 Å². The van der Waals surface area contributed by atoms with Crippen LogP contribution in [0, 0.1) is 12.8 Å². The van der Waals surface area contributed by atoms with E-state index in [0.29, 0.717) is 30.5 Å². The number of aliphatic carboxylic acids is 1. The van der Waals surface area contributed by atoms with Crippen LogP contribution >= 0.6 is 0 Å². The summed E-state index contributed by atoms with van der Waals surface area (Å²) in [7, 11) is 0. The zero-order valence-electron chi connectivity index (χ0n) is 17.5. The molecule has 11 nitrogen and oxygen atoms in total. The zero-order chi connectivity index (χ0) is 21.9. The Morgan fingerprint density at radius 3 is 2.70 bits per heavy atom. The lowest BCUT2D eigenvalue weighted by molar-refractivity contribution is -0.142. The number of nitrogens with zero attached hydrogens (tertiary/aromatic N) is 4. The van der Waals surface area contributed by atoms with Crippen molar-refractivity contribution in [3.63, 3.8) is 0 Å². The first-order valence-corrected chi connectivity index (χ1v) is 9.68. The molecule has 0 radical (unpaired) electrons. The Kier molecular flexibility index (Phi) is 6.09. The van der Waals surface area contributed by atoms with Gasteiger partial charge in [-0.3, -0.25) is 9.89 Å². The molecule has 1 amide bonds. The summed E-state index contributed by atoms with van der Waals surface area (Å²) >= 11 is 0. The number of piperidine rings is 1. The molecule has 3 heterocycles. The average molecular weight is 417 g/mol. The van der Waals surface area contributed by atoms with Crippen molar-refractivity contribution >= 4 is 29.6 Å². The fraction of sp³-hybridized carbons (Fsp3) is 0.526. The third-order valence-corrected chi connectivity index (χ3v) is 4.41. The van der Waals surface area contributed by atoms with Crippen LogP contribution in [0.15, 0.2) is 18.3 Å². The monoisotopic (exact) mass is 417 g/mol. The highest BCUT2D eigenvalue weighted by Crippen LogP contribution is 2.24. The van der Waals surface area contributed by atoms with Gasteiger partial charge in [-0.2, -0.15) is 10.1 Å². The summed E-state index contributed by atoms with van der Waals surface area (Å²) in [4.78, 5) is 34.6. The maximum atomic E-state index is 12.2. The van der Waals surface area contributed by atoms with E-state index >= 15 is 0 Å². The Morgan fingerprint density at radius 2 is 2.07 bits per heavy atom. The van der Waals surface area contributed by atoms with Crippen molar-refractivity contribution in [1.29, 1.82) is 0 Å². The van der Waals surface area contributed by atoms with Gasteiger partial charge >= 0.3 is 12.1 Å². The van der Waals surface area contributed by atoms with Gasteiger partial charge in [0.2, 0.25) is 5.95 Å². The number of amides is 1. The summed E-state index contributed by atoms with van der Waals surface area (Å²) in [5.41, 5.74) is 0.0773. The zero-order valence-corrected chi connectivity index (χ0v) is 17.5. The standard InChI is InChI=1S/C19H27N7O4/c1-11-7-15(23-14-5-6-20-25-14)24-17(21-11)26-9-12(16(27)28)8-13(10-26)22-18(29)30-19(2,3)4/h5-7,12-13H,8-10H2,1-4H3,(H,22,29)(H,27,28)(H2,20,21,23,24,25). The van der Waals surface area contributed by atoms with Gasteiger partial charge in [-0.05, 0) is 34.1 Å². The number of carbonyl (C=O) groups excluding carboxylic acids is 1. The Balaban J connectivity index is 1.78. The minimum Gasteiger partial charge on any atom is -0.481 e. The van der Waals surface area contributed by atoms with Gasteiger partial charge < -0.3 is 25.4 Å². The van der Waals surface area contributed by atoms with E-state index in [1.54, 1.807) is 44.0 Å².